The van der Waals surface area contributed by atoms with Crippen LogP contribution < -0.4 is 21.4 Å². The Morgan fingerprint density at radius 3 is 1.26 bits per heavy atom. The van der Waals surface area contributed by atoms with Gasteiger partial charge in [-0.2, -0.15) is 0 Å². The molecule has 188 valence electrons. The summed E-state index contributed by atoms with van der Waals surface area (Å²) in [6.45, 7) is 14.4. The van der Waals surface area contributed by atoms with Crippen molar-refractivity contribution in [2.45, 2.75) is 41.5 Å². The lowest BCUT2D eigenvalue weighted by atomic mass is 10.0. The van der Waals surface area contributed by atoms with Crippen molar-refractivity contribution in [1.29, 1.82) is 0 Å². The first-order valence-corrected chi connectivity index (χ1v) is 16.0. The van der Waals surface area contributed by atoms with Gasteiger partial charge in [-0.3, -0.25) is 20.0 Å². The summed E-state index contributed by atoms with van der Waals surface area (Å²) in [5, 5.41) is 8.99. The molecule has 0 spiro atoms. The van der Waals surface area contributed by atoms with Crippen molar-refractivity contribution >= 4 is 76.3 Å². The van der Waals surface area contributed by atoms with Crippen LogP contribution >= 0.6 is 45.3 Å². The molecule has 8 rings (SSSR count). The Morgan fingerprint density at radius 1 is 0.500 bits per heavy atom. The van der Waals surface area contributed by atoms with E-state index in [2.05, 4.69) is 53.7 Å². The lowest BCUT2D eigenvalue weighted by Gasteiger charge is -2.03. The second-order valence-corrected chi connectivity index (χ2v) is 14.8. The second kappa shape index (κ2) is 7.88. The molecular formula is C30H24N4S4. The smallest absolute Gasteiger partial charge is 0.130 e. The number of rotatable bonds is 2. The molecule has 4 nitrogen and oxygen atoms in total. The van der Waals surface area contributed by atoms with Gasteiger partial charge in [-0.25, -0.2) is 0 Å². The van der Waals surface area contributed by atoms with Crippen molar-refractivity contribution in [2.24, 2.45) is 20.0 Å². The summed E-state index contributed by atoms with van der Waals surface area (Å²) in [7, 11) is 0. The van der Waals surface area contributed by atoms with Crippen molar-refractivity contribution in [2.75, 3.05) is 13.3 Å². The highest BCUT2D eigenvalue weighted by Crippen LogP contribution is 2.44. The van der Waals surface area contributed by atoms with E-state index in [4.69, 9.17) is 20.0 Å². The number of aryl methyl sites for hydroxylation is 2. The Hall–Kier alpha value is -2.78. The van der Waals surface area contributed by atoms with Crippen LogP contribution in [0.2, 0.25) is 0 Å². The van der Waals surface area contributed by atoms with E-state index in [-0.39, 0.29) is 0 Å². The predicted molar refractivity (Wildman–Crippen MR) is 164 cm³/mol. The summed E-state index contributed by atoms with van der Waals surface area (Å²) < 4.78 is 2.54. The van der Waals surface area contributed by atoms with E-state index in [0.29, 0.717) is 13.3 Å². The van der Waals surface area contributed by atoms with Gasteiger partial charge in [0.05, 0.1) is 21.4 Å². The number of hydrogen-bond donors (Lipinski definition) is 0. The highest BCUT2D eigenvalue weighted by molar-refractivity contribution is 7.28. The molecule has 2 aliphatic heterocycles. The monoisotopic (exact) mass is 568 g/mol. The second-order valence-electron chi connectivity index (χ2n) is 10.2. The maximum absolute atomic E-state index is 4.97. The van der Waals surface area contributed by atoms with Crippen molar-refractivity contribution < 1.29 is 0 Å². The van der Waals surface area contributed by atoms with Gasteiger partial charge in [-0.15, -0.1) is 45.3 Å². The molecule has 6 heterocycles. The van der Waals surface area contributed by atoms with Gasteiger partial charge in [0, 0.05) is 60.2 Å². The molecule has 0 aliphatic carbocycles. The van der Waals surface area contributed by atoms with Gasteiger partial charge < -0.3 is 0 Å². The van der Waals surface area contributed by atoms with E-state index < -0.39 is 0 Å². The van der Waals surface area contributed by atoms with Gasteiger partial charge >= 0.3 is 0 Å². The largest absolute Gasteiger partial charge is 0.259 e. The molecule has 38 heavy (non-hydrogen) atoms. The van der Waals surface area contributed by atoms with Crippen LogP contribution in [0.3, 0.4) is 0 Å². The third-order valence-corrected chi connectivity index (χ3v) is 13.6. The maximum Gasteiger partial charge on any atom is 0.130 e. The summed E-state index contributed by atoms with van der Waals surface area (Å²) in [5.74, 6) is 0. The number of thiophene rings is 4. The van der Waals surface area contributed by atoms with Gasteiger partial charge in [0.15, 0.2) is 0 Å². The molecular weight excluding hydrogens is 545 g/mol. The van der Waals surface area contributed by atoms with Crippen LogP contribution in [0.5, 0.6) is 0 Å². The fraction of sp³-hybridized carbons (Fsp3) is 0.267. The predicted octanol–water partition coefficient (Wildman–Crippen LogP) is 7.00. The molecule has 0 amide bonds. The van der Waals surface area contributed by atoms with E-state index in [9.17, 15) is 0 Å². The van der Waals surface area contributed by atoms with Crippen molar-refractivity contribution in [3.63, 3.8) is 0 Å². The minimum atomic E-state index is 0.492. The summed E-state index contributed by atoms with van der Waals surface area (Å²) >= 11 is 7.56. The number of benzene rings is 2. The van der Waals surface area contributed by atoms with E-state index in [1.54, 1.807) is 0 Å². The lowest BCUT2D eigenvalue weighted by molar-refractivity contribution is 1.06. The molecule has 6 aromatic rings. The van der Waals surface area contributed by atoms with Gasteiger partial charge in [0.1, 0.15) is 13.3 Å². The molecule has 0 saturated heterocycles. The molecule has 0 radical (unpaired) electrons. The molecule has 4 aromatic heterocycles. The van der Waals surface area contributed by atoms with Crippen LogP contribution in [0.4, 0.5) is 0 Å². The first-order chi connectivity index (χ1) is 18.3. The lowest BCUT2D eigenvalue weighted by Crippen LogP contribution is -2.30. The third-order valence-electron chi connectivity index (χ3n) is 8.34. The van der Waals surface area contributed by atoms with Crippen LogP contribution in [0.25, 0.3) is 50.5 Å². The van der Waals surface area contributed by atoms with Gasteiger partial charge in [0.25, 0.3) is 0 Å². The Morgan fingerprint density at radius 2 is 0.895 bits per heavy atom. The normalized spacial score (nSPS) is 14.2. The first-order valence-electron chi connectivity index (χ1n) is 12.7. The fourth-order valence-corrected chi connectivity index (χ4v) is 10.9. The summed E-state index contributed by atoms with van der Waals surface area (Å²) in [6.07, 6.45) is 0. The van der Waals surface area contributed by atoms with Crippen LogP contribution in [-0.4, -0.2) is 13.3 Å². The van der Waals surface area contributed by atoms with Crippen molar-refractivity contribution in [3.8, 4) is 19.5 Å². The minimum Gasteiger partial charge on any atom is -0.259 e. The SMILES string of the molecule is Cc1sc(-c2cc3c4c(c5c6sc(-c7sc(C)c(C)c7C)cc6c6c(c5c3s2)=NCN=6)=NCN=4)c(C)c1C. The van der Waals surface area contributed by atoms with E-state index in [1.165, 1.54) is 82.5 Å². The minimum absolute atomic E-state index is 0.492. The number of hydrogen-bond acceptors (Lipinski definition) is 8. The van der Waals surface area contributed by atoms with Crippen LogP contribution in [0, 0.1) is 41.5 Å². The quantitative estimate of drug-likeness (QED) is 0.216. The van der Waals surface area contributed by atoms with Gasteiger partial charge in [-0.1, -0.05) is 0 Å². The fourth-order valence-electron chi connectivity index (χ4n) is 5.83. The van der Waals surface area contributed by atoms with Crippen LogP contribution in [0.1, 0.15) is 32.0 Å². The average Bonchev–Trinajstić information content (AvgIpc) is 3.73. The van der Waals surface area contributed by atoms with E-state index in [0.717, 1.165) is 21.4 Å². The molecule has 0 bridgehead atoms. The molecule has 0 N–H and O–H groups in total. The van der Waals surface area contributed by atoms with Crippen molar-refractivity contribution in [3.05, 3.63) is 65.6 Å². The zero-order valence-electron chi connectivity index (χ0n) is 22.0. The molecule has 2 aromatic carbocycles. The molecule has 2 aliphatic rings. The Balaban J connectivity index is 1.56. The van der Waals surface area contributed by atoms with Crippen molar-refractivity contribution in [1.82, 2.24) is 0 Å². The maximum atomic E-state index is 4.97. The topological polar surface area (TPSA) is 49.4 Å². The first kappa shape index (κ1) is 23.1. The molecule has 0 fully saturated rings. The van der Waals surface area contributed by atoms with Gasteiger partial charge in [0.2, 0.25) is 0 Å². The molecule has 0 saturated carbocycles. The third kappa shape index (κ3) is 2.89. The Bertz CT molecular complexity index is 2140. The van der Waals surface area contributed by atoms with Crippen LogP contribution in [-0.2, 0) is 0 Å². The average molecular weight is 569 g/mol. The van der Waals surface area contributed by atoms with E-state index in [1.807, 2.05) is 45.3 Å². The Labute approximate surface area is 235 Å². The molecule has 8 heteroatoms. The molecule has 0 atom stereocenters. The summed E-state index contributed by atoms with van der Waals surface area (Å²) in [5.41, 5.74) is 5.56. The van der Waals surface area contributed by atoms with Gasteiger partial charge in [-0.05, 0) is 75.9 Å². The zero-order valence-corrected chi connectivity index (χ0v) is 25.3. The van der Waals surface area contributed by atoms with E-state index >= 15 is 0 Å². The number of fused-ring (bicyclic) bond motifs is 11. The van der Waals surface area contributed by atoms with Crippen LogP contribution in [0.15, 0.2) is 32.1 Å². The molecule has 0 unspecified atom stereocenters. The number of nitrogens with zero attached hydrogens (tertiary/aromatic N) is 4. The Kier molecular flexibility index (Phi) is 4.80. The summed E-state index contributed by atoms with van der Waals surface area (Å²) in [4.78, 5) is 27.9. The standard InChI is InChI=1S/C30H24N4S4/c1-11-13(3)27(35-15(11)5)19-7-17-23-26(34-9-31-23)22-21(29(17)37-19)25-24(32-10-33-25)18-8-20(38-30(18)22)28-14(4)12(2)16(6)36-28/h7-8H,9-10H2,1-6H3. The highest BCUT2D eigenvalue weighted by Gasteiger charge is 2.24. The zero-order chi connectivity index (χ0) is 26.0. The highest BCUT2D eigenvalue weighted by atomic mass is 32.1. The summed E-state index contributed by atoms with van der Waals surface area (Å²) in [6, 6.07) is 4.70.